The van der Waals surface area contributed by atoms with Crippen molar-refractivity contribution >= 4 is 70.2 Å². The summed E-state index contributed by atoms with van der Waals surface area (Å²) in [5.74, 6) is 0.431. The second-order valence-corrected chi connectivity index (χ2v) is 11.0. The molecule has 137 valence electrons. The molecule has 1 heterocycles. The Morgan fingerprint density at radius 3 is 2.11 bits per heavy atom. The highest BCUT2D eigenvalue weighted by atomic mass is 127. The molecule has 0 saturated heterocycles. The van der Waals surface area contributed by atoms with Gasteiger partial charge < -0.3 is 4.42 Å². The van der Waals surface area contributed by atoms with Crippen LogP contribution in [0.4, 0.5) is 11.4 Å². The number of nitrogens with zero attached hydrogens (tertiary/aromatic N) is 1. The SMILES string of the molecule is CC(C)c1cccc2c1oc1c(N(I)c3ccc([Si](C)C)cc3)cccc12. The summed E-state index contributed by atoms with van der Waals surface area (Å²) >= 11 is 2.38. The topological polar surface area (TPSA) is 16.4 Å². The van der Waals surface area contributed by atoms with Crippen LogP contribution < -0.4 is 8.30 Å². The standard InChI is InChI=1S/C23H23INOSi/c1-15(2)18-7-5-8-19-20-9-6-10-21(23(20)26-22(18)19)25(24)16-11-13-17(14-12-16)27(3)4/h5-15H,1-4H3. The average Bonchev–Trinajstić information content (AvgIpc) is 3.06. The molecule has 1 aromatic heterocycles. The van der Waals surface area contributed by atoms with E-state index in [1.165, 1.54) is 27.2 Å². The normalized spacial score (nSPS) is 11.8. The molecule has 0 aliphatic rings. The van der Waals surface area contributed by atoms with Crippen LogP contribution in [0.1, 0.15) is 25.3 Å². The van der Waals surface area contributed by atoms with Crippen LogP contribution in [0.15, 0.2) is 65.1 Å². The van der Waals surface area contributed by atoms with E-state index in [0.29, 0.717) is 5.92 Å². The highest BCUT2D eigenvalue weighted by molar-refractivity contribution is 14.1. The number of rotatable bonds is 4. The minimum absolute atomic E-state index is 0.422. The van der Waals surface area contributed by atoms with Gasteiger partial charge in [0.05, 0.1) is 43.0 Å². The third-order valence-electron chi connectivity index (χ3n) is 5.04. The number of benzene rings is 3. The van der Waals surface area contributed by atoms with Crippen molar-refractivity contribution in [1.82, 2.24) is 0 Å². The molecular weight excluding hydrogens is 461 g/mol. The zero-order valence-corrected chi connectivity index (χ0v) is 19.2. The summed E-state index contributed by atoms with van der Waals surface area (Å²) in [6, 6.07) is 21.8. The Morgan fingerprint density at radius 2 is 1.48 bits per heavy atom. The predicted octanol–water partition coefficient (Wildman–Crippen LogP) is 7.16. The fourth-order valence-corrected chi connectivity index (χ4v) is 5.04. The smallest absolute Gasteiger partial charge is 0.159 e. The number of halogens is 1. The molecule has 0 fully saturated rings. The first-order chi connectivity index (χ1) is 13.0. The zero-order chi connectivity index (χ0) is 19.1. The van der Waals surface area contributed by atoms with Gasteiger partial charge in [0.1, 0.15) is 5.58 Å². The number of hydrogen-bond donors (Lipinski definition) is 0. The van der Waals surface area contributed by atoms with Gasteiger partial charge in [-0.3, -0.25) is 3.11 Å². The van der Waals surface area contributed by atoms with Gasteiger partial charge in [0, 0.05) is 10.8 Å². The number of hydrogen-bond acceptors (Lipinski definition) is 2. The summed E-state index contributed by atoms with van der Waals surface area (Å²) in [6.07, 6.45) is 0. The second-order valence-electron chi connectivity index (χ2n) is 7.46. The Bertz CT molecular complexity index is 1100. The predicted molar refractivity (Wildman–Crippen MR) is 128 cm³/mol. The lowest BCUT2D eigenvalue weighted by atomic mass is 10.0. The van der Waals surface area contributed by atoms with Gasteiger partial charge in [-0.2, -0.15) is 0 Å². The van der Waals surface area contributed by atoms with E-state index in [-0.39, 0.29) is 0 Å². The van der Waals surface area contributed by atoms with Crippen molar-refractivity contribution in [2.24, 2.45) is 0 Å². The van der Waals surface area contributed by atoms with Crippen molar-refractivity contribution < 1.29 is 4.42 Å². The summed E-state index contributed by atoms with van der Waals surface area (Å²) in [4.78, 5) is 0. The first-order valence-corrected chi connectivity index (χ1v) is 12.7. The van der Waals surface area contributed by atoms with Gasteiger partial charge in [-0.1, -0.05) is 74.6 Å². The fourth-order valence-electron chi connectivity index (χ4n) is 3.50. The average molecular weight is 484 g/mol. The summed E-state index contributed by atoms with van der Waals surface area (Å²) < 4.78 is 8.63. The molecule has 0 aliphatic heterocycles. The first kappa shape index (κ1) is 18.6. The highest BCUT2D eigenvalue weighted by Gasteiger charge is 2.18. The van der Waals surface area contributed by atoms with E-state index in [0.717, 1.165) is 16.9 Å². The van der Waals surface area contributed by atoms with Crippen molar-refractivity contribution in [2.75, 3.05) is 3.11 Å². The molecular formula is C23H23INOSi. The Labute approximate surface area is 176 Å². The Morgan fingerprint density at radius 1 is 0.852 bits per heavy atom. The molecule has 0 unspecified atom stereocenters. The molecule has 2 nitrogen and oxygen atoms in total. The van der Waals surface area contributed by atoms with Gasteiger partial charge in [0.2, 0.25) is 0 Å². The third-order valence-corrected chi connectivity index (χ3v) is 7.60. The molecule has 0 aliphatic carbocycles. The lowest BCUT2D eigenvalue weighted by molar-refractivity contribution is 0.658. The molecule has 0 bridgehead atoms. The van der Waals surface area contributed by atoms with Gasteiger partial charge in [-0.15, -0.1) is 0 Å². The van der Waals surface area contributed by atoms with Crippen molar-refractivity contribution in [2.45, 2.75) is 32.9 Å². The first-order valence-electron chi connectivity index (χ1n) is 9.28. The lowest BCUT2D eigenvalue weighted by Gasteiger charge is -2.17. The van der Waals surface area contributed by atoms with E-state index in [1.807, 2.05) is 0 Å². The number of anilines is 2. The lowest BCUT2D eigenvalue weighted by Crippen LogP contribution is -2.22. The van der Waals surface area contributed by atoms with E-state index >= 15 is 0 Å². The Kier molecular flexibility index (Phi) is 5.03. The van der Waals surface area contributed by atoms with E-state index in [1.54, 1.807) is 0 Å². The summed E-state index contributed by atoms with van der Waals surface area (Å²) in [6.45, 7) is 9.07. The van der Waals surface area contributed by atoms with Crippen LogP contribution >= 0.6 is 22.9 Å². The molecule has 0 amide bonds. The van der Waals surface area contributed by atoms with Crippen LogP contribution in [0.25, 0.3) is 21.9 Å². The summed E-state index contributed by atoms with van der Waals surface area (Å²) in [7, 11) is -0.422. The van der Waals surface area contributed by atoms with E-state index in [2.05, 4.69) is 114 Å². The van der Waals surface area contributed by atoms with Crippen LogP contribution in [0.5, 0.6) is 0 Å². The quantitative estimate of drug-likeness (QED) is 0.174. The van der Waals surface area contributed by atoms with Crippen LogP contribution in [0.2, 0.25) is 13.1 Å². The van der Waals surface area contributed by atoms with E-state index in [4.69, 9.17) is 4.42 Å². The minimum atomic E-state index is -0.422. The van der Waals surface area contributed by atoms with Gasteiger partial charge in [-0.25, -0.2) is 0 Å². The van der Waals surface area contributed by atoms with Gasteiger partial charge in [0.25, 0.3) is 0 Å². The van der Waals surface area contributed by atoms with Crippen molar-refractivity contribution in [1.29, 1.82) is 0 Å². The second kappa shape index (κ2) is 7.32. The molecule has 4 rings (SSSR count). The molecule has 0 N–H and O–H groups in total. The molecule has 4 heteroatoms. The maximum absolute atomic E-state index is 6.44. The number of furan rings is 1. The van der Waals surface area contributed by atoms with Crippen LogP contribution in [-0.2, 0) is 0 Å². The fraction of sp³-hybridized carbons (Fsp3) is 0.217. The monoisotopic (exact) mass is 484 g/mol. The molecule has 1 radical (unpaired) electrons. The molecule has 0 spiro atoms. The molecule has 4 aromatic rings. The Hall–Kier alpha value is -1.79. The van der Waals surface area contributed by atoms with E-state index < -0.39 is 8.80 Å². The largest absolute Gasteiger partial charge is 0.454 e. The molecule has 0 atom stereocenters. The van der Waals surface area contributed by atoms with Crippen molar-refractivity contribution in [3.05, 3.63) is 66.2 Å². The summed E-state index contributed by atoms with van der Waals surface area (Å²) in [5.41, 5.74) is 5.48. The van der Waals surface area contributed by atoms with Crippen molar-refractivity contribution in [3.63, 3.8) is 0 Å². The summed E-state index contributed by atoms with van der Waals surface area (Å²) in [5, 5.41) is 3.83. The maximum Gasteiger partial charge on any atom is 0.159 e. The van der Waals surface area contributed by atoms with Crippen LogP contribution in [0, 0.1) is 0 Å². The van der Waals surface area contributed by atoms with Crippen LogP contribution in [0.3, 0.4) is 0 Å². The zero-order valence-electron chi connectivity index (χ0n) is 16.1. The van der Waals surface area contributed by atoms with Crippen molar-refractivity contribution in [3.8, 4) is 0 Å². The van der Waals surface area contributed by atoms with Crippen LogP contribution in [-0.4, -0.2) is 8.80 Å². The Balaban J connectivity index is 1.86. The molecule has 3 aromatic carbocycles. The van der Waals surface area contributed by atoms with Gasteiger partial charge in [0.15, 0.2) is 5.58 Å². The molecule has 0 saturated carbocycles. The number of fused-ring (bicyclic) bond motifs is 3. The molecule has 27 heavy (non-hydrogen) atoms. The maximum atomic E-state index is 6.44. The van der Waals surface area contributed by atoms with Gasteiger partial charge >= 0.3 is 0 Å². The number of para-hydroxylation sites is 2. The third kappa shape index (κ3) is 3.29. The van der Waals surface area contributed by atoms with Gasteiger partial charge in [-0.05, 0) is 29.7 Å². The highest BCUT2D eigenvalue weighted by Crippen LogP contribution is 2.41. The van der Waals surface area contributed by atoms with E-state index in [9.17, 15) is 0 Å². The minimum Gasteiger partial charge on any atom is -0.454 e.